The zero-order valence-electron chi connectivity index (χ0n) is 25.5. The Morgan fingerprint density at radius 2 is 1.78 bits per heavy atom. The van der Waals surface area contributed by atoms with Gasteiger partial charge < -0.3 is 35.2 Å². The number of thiophene rings is 1. The maximum atomic E-state index is 13.4. The number of ether oxygens (including phenoxy) is 2. The molecule has 6 N–H and O–H groups in total. The fourth-order valence-electron chi connectivity index (χ4n) is 5.80. The Balaban J connectivity index is 1.31. The highest BCUT2D eigenvalue weighted by Gasteiger charge is 2.46. The van der Waals surface area contributed by atoms with Gasteiger partial charge in [-0.05, 0) is 65.6 Å². The van der Waals surface area contributed by atoms with Gasteiger partial charge in [-0.15, -0.1) is 11.3 Å². The monoisotopic (exact) mass is 672 g/mol. The fourth-order valence-corrected chi connectivity index (χ4v) is 8.27. The van der Waals surface area contributed by atoms with Crippen LogP contribution in [-0.4, -0.2) is 117 Å². The second-order valence-electron chi connectivity index (χ2n) is 11.4. The minimum atomic E-state index is -4.49. The zero-order chi connectivity index (χ0) is 32.8. The number of aliphatic hydroxyl groups excluding tert-OH is 4. The molecule has 0 aliphatic carbocycles. The van der Waals surface area contributed by atoms with Crippen molar-refractivity contribution in [3.05, 3.63) is 58.3 Å². The van der Waals surface area contributed by atoms with E-state index in [9.17, 15) is 34.1 Å². The summed E-state index contributed by atoms with van der Waals surface area (Å²) in [5.74, 6) is 0. The molecule has 5 atom stereocenters. The lowest BCUT2D eigenvalue weighted by atomic mass is 9.92. The van der Waals surface area contributed by atoms with Gasteiger partial charge in [0.1, 0.15) is 24.4 Å². The van der Waals surface area contributed by atoms with Gasteiger partial charge in [0.25, 0.3) is 10.0 Å². The Hall–Kier alpha value is -2.94. The zero-order valence-corrected chi connectivity index (χ0v) is 27.1. The minimum Gasteiger partial charge on any atom is -0.396 e. The first-order valence-electron chi connectivity index (χ1n) is 15.2. The van der Waals surface area contributed by atoms with Crippen molar-refractivity contribution in [1.82, 2.24) is 9.62 Å². The van der Waals surface area contributed by atoms with E-state index in [2.05, 4.69) is 39.2 Å². The molecular weight excluding hydrogens is 633 g/mol. The molecule has 0 amide bonds. The predicted molar refractivity (Wildman–Crippen MR) is 177 cm³/mol. The fraction of sp³-hybridized carbons (Fsp3) is 0.469. The van der Waals surface area contributed by atoms with Crippen molar-refractivity contribution in [2.45, 2.75) is 43.8 Å². The first-order valence-corrected chi connectivity index (χ1v) is 17.5. The summed E-state index contributed by atoms with van der Waals surface area (Å²) in [6.45, 7) is 5.81. The molecule has 2 aliphatic heterocycles. The van der Waals surface area contributed by atoms with E-state index in [0.29, 0.717) is 4.88 Å². The van der Waals surface area contributed by atoms with Crippen LogP contribution in [0, 0.1) is 11.3 Å². The SMILES string of the molecule is C/C(=C(/C#N)S(=O)(=O)N[C@H]1C(CCO)O[C@H](CO)[C@@H](O)[C@@H]1O)c1ccc(-c2ccc3cc(NCCN4CCOCC4)ccc3c2)s1. The molecule has 248 valence electrons. The van der Waals surface area contributed by atoms with E-state index in [1.165, 1.54) is 18.3 Å². The number of morpholine rings is 1. The van der Waals surface area contributed by atoms with Gasteiger partial charge in [-0.1, -0.05) is 18.2 Å². The first kappa shape index (κ1) is 34.4. The van der Waals surface area contributed by atoms with Gasteiger partial charge in [0.2, 0.25) is 0 Å². The average molecular weight is 673 g/mol. The molecule has 2 fully saturated rings. The van der Waals surface area contributed by atoms with E-state index in [-0.39, 0.29) is 18.6 Å². The van der Waals surface area contributed by atoms with Crippen molar-refractivity contribution in [2.24, 2.45) is 0 Å². The van der Waals surface area contributed by atoms with Crippen LogP contribution in [0.25, 0.3) is 26.8 Å². The van der Waals surface area contributed by atoms with Crippen molar-refractivity contribution in [2.75, 3.05) is 57.9 Å². The molecule has 3 aromatic rings. The summed E-state index contributed by atoms with van der Waals surface area (Å²) in [6, 6.07) is 16.4. The third-order valence-electron chi connectivity index (χ3n) is 8.41. The van der Waals surface area contributed by atoms with Gasteiger partial charge >= 0.3 is 0 Å². The second kappa shape index (κ2) is 15.3. The van der Waals surface area contributed by atoms with Crippen molar-refractivity contribution in [3.63, 3.8) is 0 Å². The molecule has 1 aromatic heterocycles. The number of hydrogen-bond donors (Lipinski definition) is 6. The average Bonchev–Trinajstić information content (AvgIpc) is 3.55. The summed E-state index contributed by atoms with van der Waals surface area (Å²) < 4.78 is 40.1. The lowest BCUT2D eigenvalue weighted by Crippen LogP contribution is -2.64. The van der Waals surface area contributed by atoms with Crippen molar-refractivity contribution in [3.8, 4) is 16.5 Å². The smallest absolute Gasteiger partial charge is 0.251 e. The number of anilines is 1. The molecular formula is C32H40N4O8S2. The first-order chi connectivity index (χ1) is 22.1. The topological polar surface area (TPSA) is 185 Å². The summed E-state index contributed by atoms with van der Waals surface area (Å²) in [4.78, 5) is 3.31. The van der Waals surface area contributed by atoms with Crippen LogP contribution in [0.5, 0.6) is 0 Å². The lowest BCUT2D eigenvalue weighted by molar-refractivity contribution is -0.194. The van der Waals surface area contributed by atoms with Crippen LogP contribution in [0.3, 0.4) is 0 Å². The number of hydrogen-bond acceptors (Lipinski definition) is 12. The predicted octanol–water partition coefficient (Wildman–Crippen LogP) is 1.72. The summed E-state index contributed by atoms with van der Waals surface area (Å²) in [6.07, 6.45) is -5.47. The van der Waals surface area contributed by atoms with E-state index in [0.717, 1.165) is 66.3 Å². The number of nitrogens with zero attached hydrogens (tertiary/aromatic N) is 2. The minimum absolute atomic E-state index is 0.0646. The second-order valence-corrected chi connectivity index (χ2v) is 14.2. The molecule has 5 rings (SSSR count). The molecule has 1 unspecified atom stereocenters. The van der Waals surface area contributed by atoms with Crippen LogP contribution in [0.2, 0.25) is 0 Å². The highest BCUT2D eigenvalue weighted by molar-refractivity contribution is 7.93. The van der Waals surface area contributed by atoms with Gasteiger partial charge in [-0.2, -0.15) is 5.26 Å². The van der Waals surface area contributed by atoms with E-state index in [4.69, 9.17) is 9.47 Å². The van der Waals surface area contributed by atoms with Crippen LogP contribution in [0.4, 0.5) is 5.69 Å². The third-order valence-corrected chi connectivity index (χ3v) is 11.2. The van der Waals surface area contributed by atoms with Gasteiger partial charge in [-0.25, -0.2) is 13.1 Å². The van der Waals surface area contributed by atoms with E-state index in [1.807, 2.05) is 18.2 Å². The van der Waals surface area contributed by atoms with Crippen LogP contribution in [0.1, 0.15) is 18.2 Å². The van der Waals surface area contributed by atoms with Gasteiger partial charge in [0, 0.05) is 48.2 Å². The maximum absolute atomic E-state index is 13.4. The summed E-state index contributed by atoms with van der Waals surface area (Å²) in [5, 5.41) is 55.5. The number of nitriles is 1. The Morgan fingerprint density at radius 1 is 1.04 bits per heavy atom. The number of nitrogens with one attached hydrogen (secondary N) is 2. The van der Waals surface area contributed by atoms with Gasteiger partial charge in [0.15, 0.2) is 4.91 Å². The molecule has 0 radical (unpaired) electrons. The number of aliphatic hydroxyl groups is 4. The van der Waals surface area contributed by atoms with Crippen molar-refractivity contribution in [1.29, 1.82) is 5.26 Å². The highest BCUT2D eigenvalue weighted by atomic mass is 32.2. The molecule has 2 aliphatic rings. The Morgan fingerprint density at radius 3 is 2.50 bits per heavy atom. The molecule has 0 saturated carbocycles. The molecule has 3 heterocycles. The van der Waals surface area contributed by atoms with E-state index < -0.39 is 52.0 Å². The Bertz CT molecular complexity index is 1680. The van der Waals surface area contributed by atoms with Gasteiger partial charge in [-0.3, -0.25) is 4.90 Å². The molecule has 0 bridgehead atoms. The van der Waals surface area contributed by atoms with Crippen molar-refractivity contribution < 1.29 is 38.3 Å². The quantitative estimate of drug-likeness (QED) is 0.154. The van der Waals surface area contributed by atoms with E-state index >= 15 is 0 Å². The Kier molecular flexibility index (Phi) is 11.4. The Labute approximate surface area is 272 Å². The van der Waals surface area contributed by atoms with Crippen LogP contribution in [-0.2, 0) is 19.5 Å². The lowest BCUT2D eigenvalue weighted by Gasteiger charge is -2.42. The number of fused-ring (bicyclic) bond motifs is 1. The molecule has 46 heavy (non-hydrogen) atoms. The summed E-state index contributed by atoms with van der Waals surface area (Å²) in [5.41, 5.74) is 2.22. The summed E-state index contributed by atoms with van der Waals surface area (Å²) in [7, 11) is -4.49. The maximum Gasteiger partial charge on any atom is 0.251 e. The number of rotatable bonds is 12. The summed E-state index contributed by atoms with van der Waals surface area (Å²) >= 11 is 1.35. The van der Waals surface area contributed by atoms with Crippen LogP contribution >= 0.6 is 11.3 Å². The van der Waals surface area contributed by atoms with E-state index in [1.54, 1.807) is 12.1 Å². The van der Waals surface area contributed by atoms with Gasteiger partial charge in [0.05, 0.1) is 32.0 Å². The molecule has 2 saturated heterocycles. The molecule has 14 heteroatoms. The van der Waals surface area contributed by atoms with Crippen LogP contribution < -0.4 is 10.0 Å². The van der Waals surface area contributed by atoms with Crippen molar-refractivity contribution >= 4 is 43.4 Å². The highest BCUT2D eigenvalue weighted by Crippen LogP contribution is 2.36. The standard InChI is InChI=1S/C32H40N4O8S2/c1-20(29(18-33)46(41,42)35-30-25(8-13-37)44-26(19-38)31(39)32(30)40)27-6-7-28(45-27)23-3-2-22-17-24(5-4-21(22)16-23)34-9-10-36-11-14-43-15-12-36/h2-7,16-17,25-26,30-32,34-35,37-40H,8-15,19H2,1H3/b29-20+/t25?,26-,30+,31-,32-/m1/s1. The molecule has 2 aromatic carbocycles. The normalized spacial score (nSPS) is 24.8. The number of sulfonamides is 1. The third kappa shape index (κ3) is 7.77. The molecule has 0 spiro atoms. The van der Waals surface area contributed by atoms with Crippen LogP contribution in [0.15, 0.2) is 53.4 Å². The number of allylic oxidation sites excluding steroid dienone is 2. The number of benzene rings is 2. The molecule has 12 nitrogen and oxygen atoms in total. The largest absolute Gasteiger partial charge is 0.396 e.